The number of rotatable bonds is 4. The standard InChI is InChI=1S/C15H22N6/c1-4-5-13(10-16)20-6-8-21(9-7-20)15-14(11-17)12(2)18-19(15)3/h13H,4-9H2,1-3H3. The zero-order chi connectivity index (χ0) is 15.4. The summed E-state index contributed by atoms with van der Waals surface area (Å²) in [6, 6.07) is 4.67. The molecule has 2 heterocycles. The maximum atomic E-state index is 9.31. The van der Waals surface area contributed by atoms with E-state index in [4.69, 9.17) is 0 Å². The summed E-state index contributed by atoms with van der Waals surface area (Å²) in [6.45, 7) is 7.34. The molecule has 0 aliphatic carbocycles. The molecule has 1 aliphatic rings. The molecule has 1 aromatic heterocycles. The summed E-state index contributed by atoms with van der Waals surface area (Å²) in [7, 11) is 1.88. The number of nitrogens with zero attached hydrogens (tertiary/aromatic N) is 6. The summed E-state index contributed by atoms with van der Waals surface area (Å²) in [5.41, 5.74) is 1.44. The molecule has 1 atom stereocenters. The van der Waals surface area contributed by atoms with Crippen LogP contribution in [-0.2, 0) is 7.05 Å². The van der Waals surface area contributed by atoms with Crippen molar-refractivity contribution in [3.8, 4) is 12.1 Å². The topological polar surface area (TPSA) is 71.9 Å². The van der Waals surface area contributed by atoms with Crippen molar-refractivity contribution in [1.29, 1.82) is 10.5 Å². The average molecular weight is 286 g/mol. The molecule has 0 amide bonds. The molecule has 1 unspecified atom stereocenters. The van der Waals surface area contributed by atoms with Gasteiger partial charge in [0.2, 0.25) is 0 Å². The fraction of sp³-hybridized carbons (Fsp3) is 0.667. The minimum absolute atomic E-state index is 0.0147. The van der Waals surface area contributed by atoms with Crippen molar-refractivity contribution < 1.29 is 0 Å². The highest BCUT2D eigenvalue weighted by atomic mass is 15.4. The molecule has 0 saturated carbocycles. The molecule has 0 aromatic carbocycles. The average Bonchev–Trinajstić information content (AvgIpc) is 2.78. The highest BCUT2D eigenvalue weighted by Crippen LogP contribution is 2.24. The van der Waals surface area contributed by atoms with Gasteiger partial charge in [0.25, 0.3) is 0 Å². The van der Waals surface area contributed by atoms with Gasteiger partial charge in [0.05, 0.1) is 17.8 Å². The summed E-state index contributed by atoms with van der Waals surface area (Å²) in [5.74, 6) is 0.902. The normalized spacial score (nSPS) is 17.3. The zero-order valence-corrected chi connectivity index (χ0v) is 13.0. The lowest BCUT2D eigenvalue weighted by Crippen LogP contribution is -2.50. The lowest BCUT2D eigenvalue weighted by Gasteiger charge is -2.37. The van der Waals surface area contributed by atoms with E-state index in [1.54, 1.807) is 4.68 Å². The summed E-state index contributed by atoms with van der Waals surface area (Å²) in [5, 5.41) is 22.9. The maximum absolute atomic E-state index is 9.31. The van der Waals surface area contributed by atoms with Crippen molar-refractivity contribution in [2.24, 2.45) is 7.05 Å². The van der Waals surface area contributed by atoms with Crippen LogP contribution < -0.4 is 4.90 Å². The largest absolute Gasteiger partial charge is 0.353 e. The Labute approximate surface area is 126 Å². The molecule has 1 aliphatic heterocycles. The molecule has 0 N–H and O–H groups in total. The van der Waals surface area contributed by atoms with Crippen LogP contribution in [0.25, 0.3) is 0 Å². The number of aryl methyl sites for hydroxylation is 2. The number of aromatic nitrogens is 2. The highest BCUT2D eigenvalue weighted by Gasteiger charge is 2.26. The monoisotopic (exact) mass is 286 g/mol. The van der Waals surface area contributed by atoms with Crippen LogP contribution in [0.5, 0.6) is 0 Å². The number of hydrogen-bond donors (Lipinski definition) is 0. The smallest absolute Gasteiger partial charge is 0.145 e. The van der Waals surface area contributed by atoms with Crippen LogP contribution in [0, 0.1) is 29.6 Å². The lowest BCUT2D eigenvalue weighted by atomic mass is 10.1. The van der Waals surface area contributed by atoms with Gasteiger partial charge in [-0.25, -0.2) is 0 Å². The number of anilines is 1. The Morgan fingerprint density at radius 3 is 2.43 bits per heavy atom. The Bertz CT molecular complexity index is 568. The van der Waals surface area contributed by atoms with Crippen LogP contribution in [0.2, 0.25) is 0 Å². The van der Waals surface area contributed by atoms with Gasteiger partial charge in [0.1, 0.15) is 17.5 Å². The van der Waals surface area contributed by atoms with E-state index in [-0.39, 0.29) is 6.04 Å². The first-order valence-corrected chi connectivity index (χ1v) is 7.44. The Morgan fingerprint density at radius 2 is 1.90 bits per heavy atom. The SMILES string of the molecule is CCCC(C#N)N1CCN(c2c(C#N)c(C)nn2C)CC1. The Kier molecular flexibility index (Phi) is 4.82. The fourth-order valence-electron chi connectivity index (χ4n) is 2.99. The molecular formula is C15H22N6. The first-order valence-electron chi connectivity index (χ1n) is 7.44. The molecule has 6 nitrogen and oxygen atoms in total. The Morgan fingerprint density at radius 1 is 1.24 bits per heavy atom. The second kappa shape index (κ2) is 6.60. The van der Waals surface area contributed by atoms with Gasteiger partial charge in [-0.05, 0) is 13.3 Å². The third-order valence-electron chi connectivity index (χ3n) is 4.07. The van der Waals surface area contributed by atoms with E-state index in [1.807, 2.05) is 14.0 Å². The maximum Gasteiger partial charge on any atom is 0.145 e. The third kappa shape index (κ3) is 3.01. The van der Waals surface area contributed by atoms with Gasteiger partial charge in [-0.1, -0.05) is 13.3 Å². The van der Waals surface area contributed by atoms with E-state index in [0.717, 1.165) is 50.5 Å². The van der Waals surface area contributed by atoms with Crippen molar-refractivity contribution in [3.63, 3.8) is 0 Å². The minimum atomic E-state index is 0.0147. The molecule has 1 fully saturated rings. The van der Waals surface area contributed by atoms with Crippen molar-refractivity contribution in [2.75, 3.05) is 31.1 Å². The second-order valence-electron chi connectivity index (χ2n) is 5.48. The zero-order valence-electron chi connectivity index (χ0n) is 13.0. The van der Waals surface area contributed by atoms with Crippen LogP contribution in [-0.4, -0.2) is 46.9 Å². The van der Waals surface area contributed by atoms with Crippen LogP contribution in [0.15, 0.2) is 0 Å². The van der Waals surface area contributed by atoms with Crippen LogP contribution in [0.4, 0.5) is 5.82 Å². The van der Waals surface area contributed by atoms with E-state index in [9.17, 15) is 10.5 Å². The van der Waals surface area contributed by atoms with Crippen molar-refractivity contribution in [1.82, 2.24) is 14.7 Å². The molecule has 1 saturated heterocycles. The molecule has 0 spiro atoms. The van der Waals surface area contributed by atoms with Gasteiger partial charge in [-0.15, -0.1) is 0 Å². The highest BCUT2D eigenvalue weighted by molar-refractivity contribution is 5.57. The molecule has 0 radical (unpaired) electrons. The van der Waals surface area contributed by atoms with Crippen LogP contribution in [0.3, 0.4) is 0 Å². The number of piperazine rings is 1. The first-order chi connectivity index (χ1) is 10.1. The molecule has 6 heteroatoms. The summed E-state index contributed by atoms with van der Waals surface area (Å²) < 4.78 is 1.79. The van der Waals surface area contributed by atoms with E-state index in [1.165, 1.54) is 0 Å². The molecule has 1 aromatic rings. The second-order valence-corrected chi connectivity index (χ2v) is 5.48. The van der Waals surface area contributed by atoms with Crippen molar-refractivity contribution in [3.05, 3.63) is 11.3 Å². The number of hydrogen-bond acceptors (Lipinski definition) is 5. The van der Waals surface area contributed by atoms with E-state index >= 15 is 0 Å². The van der Waals surface area contributed by atoms with E-state index in [2.05, 4.69) is 34.0 Å². The fourth-order valence-corrected chi connectivity index (χ4v) is 2.99. The van der Waals surface area contributed by atoms with Gasteiger partial charge in [0.15, 0.2) is 0 Å². The van der Waals surface area contributed by atoms with Crippen LogP contribution >= 0.6 is 0 Å². The van der Waals surface area contributed by atoms with Crippen molar-refractivity contribution in [2.45, 2.75) is 32.7 Å². The van der Waals surface area contributed by atoms with E-state index in [0.29, 0.717) is 5.56 Å². The third-order valence-corrected chi connectivity index (χ3v) is 4.07. The summed E-state index contributed by atoms with van der Waals surface area (Å²) in [6.07, 6.45) is 1.95. The minimum Gasteiger partial charge on any atom is -0.353 e. The predicted molar refractivity (Wildman–Crippen MR) is 80.8 cm³/mol. The van der Waals surface area contributed by atoms with Gasteiger partial charge < -0.3 is 4.90 Å². The first kappa shape index (κ1) is 15.3. The van der Waals surface area contributed by atoms with Crippen LogP contribution in [0.1, 0.15) is 31.0 Å². The Hall–Kier alpha value is -2.05. The number of nitriles is 2. The molecule has 2 rings (SSSR count). The van der Waals surface area contributed by atoms with Gasteiger partial charge >= 0.3 is 0 Å². The summed E-state index contributed by atoms with van der Waals surface area (Å²) >= 11 is 0. The van der Waals surface area contributed by atoms with Gasteiger partial charge in [0, 0.05) is 33.2 Å². The van der Waals surface area contributed by atoms with E-state index < -0.39 is 0 Å². The quantitative estimate of drug-likeness (QED) is 0.837. The molecular weight excluding hydrogens is 264 g/mol. The lowest BCUT2D eigenvalue weighted by molar-refractivity contribution is 0.210. The molecule has 112 valence electrons. The molecule has 0 bridgehead atoms. The Balaban J connectivity index is 2.09. The van der Waals surface area contributed by atoms with Crippen molar-refractivity contribution >= 4 is 5.82 Å². The molecule has 21 heavy (non-hydrogen) atoms. The summed E-state index contributed by atoms with van der Waals surface area (Å²) in [4.78, 5) is 4.45. The predicted octanol–water partition coefficient (Wildman–Crippen LogP) is 1.41. The van der Waals surface area contributed by atoms with Gasteiger partial charge in [-0.2, -0.15) is 15.6 Å². The van der Waals surface area contributed by atoms with Gasteiger partial charge in [-0.3, -0.25) is 9.58 Å².